The van der Waals surface area contributed by atoms with E-state index in [9.17, 15) is 0 Å². The third kappa shape index (κ3) is 2.66. The molecule has 0 amide bonds. The number of aryl methyl sites for hydroxylation is 1. The van der Waals surface area contributed by atoms with Crippen molar-refractivity contribution in [3.63, 3.8) is 0 Å². The number of halogens is 1. The molecule has 0 aliphatic heterocycles. The highest BCUT2D eigenvalue weighted by atomic mass is 79.9. The first-order valence-corrected chi connectivity index (χ1v) is 6.41. The van der Waals surface area contributed by atoms with Gasteiger partial charge in [-0.25, -0.2) is 4.98 Å². The Kier molecular flexibility index (Phi) is 3.78. The van der Waals surface area contributed by atoms with Crippen molar-refractivity contribution in [2.75, 3.05) is 5.73 Å². The first-order valence-electron chi connectivity index (χ1n) is 5.62. The fourth-order valence-electron chi connectivity index (χ4n) is 1.75. The Hall–Kier alpha value is -1.36. The van der Waals surface area contributed by atoms with Gasteiger partial charge in [0.15, 0.2) is 0 Å². The van der Waals surface area contributed by atoms with Crippen LogP contribution in [0, 0.1) is 0 Å². The van der Waals surface area contributed by atoms with Crippen LogP contribution in [0.3, 0.4) is 0 Å². The minimum atomic E-state index is 0.587. The molecule has 2 aromatic heterocycles. The van der Waals surface area contributed by atoms with E-state index in [0.29, 0.717) is 5.82 Å². The number of nitrogens with zero attached hydrogens (tertiary/aromatic N) is 3. The van der Waals surface area contributed by atoms with Crippen molar-refractivity contribution in [2.45, 2.75) is 26.3 Å². The van der Waals surface area contributed by atoms with Crippen LogP contribution in [-0.2, 0) is 13.0 Å². The van der Waals surface area contributed by atoms with E-state index in [-0.39, 0.29) is 0 Å². The maximum Gasteiger partial charge on any atom is 0.126 e. The quantitative estimate of drug-likeness (QED) is 0.943. The standard InChI is InChI=1S/C12H15BrN4/c1-2-6-17-11(10(13)8-16-17)7-9-4-3-5-15-12(9)14/h3-5,8H,2,6-7H2,1H3,(H2,14,15). The molecule has 0 saturated heterocycles. The van der Waals surface area contributed by atoms with Gasteiger partial charge in [-0.2, -0.15) is 5.10 Å². The average Bonchev–Trinajstić information content (AvgIpc) is 2.65. The number of hydrogen-bond donors (Lipinski definition) is 1. The van der Waals surface area contributed by atoms with E-state index < -0.39 is 0 Å². The molecule has 2 heterocycles. The van der Waals surface area contributed by atoms with Crippen LogP contribution in [0.15, 0.2) is 29.0 Å². The molecule has 0 fully saturated rings. The van der Waals surface area contributed by atoms with Crippen LogP contribution in [0.4, 0.5) is 5.82 Å². The zero-order valence-corrected chi connectivity index (χ0v) is 11.3. The number of rotatable bonds is 4. The van der Waals surface area contributed by atoms with Crippen molar-refractivity contribution in [3.05, 3.63) is 40.3 Å². The van der Waals surface area contributed by atoms with Crippen LogP contribution in [0.1, 0.15) is 24.6 Å². The normalized spacial score (nSPS) is 10.7. The smallest absolute Gasteiger partial charge is 0.126 e. The van der Waals surface area contributed by atoms with E-state index in [1.807, 2.05) is 23.0 Å². The molecular formula is C12H15BrN4. The second kappa shape index (κ2) is 5.31. The summed E-state index contributed by atoms with van der Waals surface area (Å²) in [7, 11) is 0. The SMILES string of the molecule is CCCn1ncc(Br)c1Cc1cccnc1N. The lowest BCUT2D eigenvalue weighted by molar-refractivity contribution is 0.579. The van der Waals surface area contributed by atoms with Crippen LogP contribution in [0.2, 0.25) is 0 Å². The van der Waals surface area contributed by atoms with Gasteiger partial charge in [-0.15, -0.1) is 0 Å². The van der Waals surface area contributed by atoms with Gasteiger partial charge in [0.2, 0.25) is 0 Å². The first-order chi connectivity index (χ1) is 8.22. The third-order valence-corrected chi connectivity index (χ3v) is 3.28. The summed E-state index contributed by atoms with van der Waals surface area (Å²) >= 11 is 3.52. The predicted molar refractivity (Wildman–Crippen MR) is 71.7 cm³/mol. The second-order valence-electron chi connectivity index (χ2n) is 3.89. The number of hydrogen-bond acceptors (Lipinski definition) is 3. The van der Waals surface area contributed by atoms with Gasteiger partial charge in [-0.05, 0) is 28.4 Å². The lowest BCUT2D eigenvalue weighted by Gasteiger charge is -2.08. The number of aromatic nitrogens is 3. The summed E-state index contributed by atoms with van der Waals surface area (Å²) < 4.78 is 3.03. The zero-order valence-electron chi connectivity index (χ0n) is 9.73. The van der Waals surface area contributed by atoms with E-state index in [4.69, 9.17) is 5.73 Å². The number of anilines is 1. The van der Waals surface area contributed by atoms with E-state index >= 15 is 0 Å². The third-order valence-electron chi connectivity index (χ3n) is 2.62. The lowest BCUT2D eigenvalue weighted by atomic mass is 10.1. The van der Waals surface area contributed by atoms with Gasteiger partial charge in [0.25, 0.3) is 0 Å². The molecule has 2 aromatic rings. The van der Waals surface area contributed by atoms with Gasteiger partial charge in [0.1, 0.15) is 5.82 Å². The van der Waals surface area contributed by atoms with Gasteiger partial charge in [-0.3, -0.25) is 4.68 Å². The predicted octanol–water partition coefficient (Wildman–Crippen LogP) is 2.62. The van der Waals surface area contributed by atoms with Crippen molar-refractivity contribution in [1.29, 1.82) is 0 Å². The Bertz CT molecular complexity index is 507. The van der Waals surface area contributed by atoms with Gasteiger partial charge < -0.3 is 5.73 Å². The fourth-order valence-corrected chi connectivity index (χ4v) is 2.19. The molecule has 0 spiro atoms. The van der Waals surface area contributed by atoms with Gasteiger partial charge in [-0.1, -0.05) is 13.0 Å². The maximum atomic E-state index is 5.86. The van der Waals surface area contributed by atoms with Crippen LogP contribution >= 0.6 is 15.9 Å². The minimum absolute atomic E-state index is 0.587. The molecule has 0 bridgehead atoms. The van der Waals surface area contributed by atoms with Crippen LogP contribution in [0.5, 0.6) is 0 Å². The monoisotopic (exact) mass is 294 g/mol. The first kappa shape index (κ1) is 12.1. The Morgan fingerprint density at radius 2 is 2.29 bits per heavy atom. The molecule has 2 rings (SSSR count). The summed E-state index contributed by atoms with van der Waals surface area (Å²) in [6, 6.07) is 3.90. The van der Waals surface area contributed by atoms with Gasteiger partial charge >= 0.3 is 0 Å². The average molecular weight is 295 g/mol. The van der Waals surface area contributed by atoms with Crippen molar-refractivity contribution < 1.29 is 0 Å². The second-order valence-corrected chi connectivity index (χ2v) is 4.74. The minimum Gasteiger partial charge on any atom is -0.383 e. The van der Waals surface area contributed by atoms with E-state index in [1.165, 1.54) is 0 Å². The lowest BCUT2D eigenvalue weighted by Crippen LogP contribution is -2.07. The van der Waals surface area contributed by atoms with Crippen molar-refractivity contribution >= 4 is 21.7 Å². The molecule has 0 saturated carbocycles. The van der Waals surface area contributed by atoms with Crippen molar-refractivity contribution in [2.24, 2.45) is 0 Å². The zero-order chi connectivity index (χ0) is 12.3. The molecular weight excluding hydrogens is 280 g/mol. The van der Waals surface area contributed by atoms with Crippen molar-refractivity contribution in [3.8, 4) is 0 Å². The van der Waals surface area contributed by atoms with Crippen molar-refractivity contribution in [1.82, 2.24) is 14.8 Å². The number of nitrogens with two attached hydrogens (primary N) is 1. The molecule has 0 unspecified atom stereocenters. The molecule has 0 atom stereocenters. The maximum absolute atomic E-state index is 5.86. The van der Waals surface area contributed by atoms with Gasteiger partial charge in [0, 0.05) is 24.7 Å². The number of nitrogen functional groups attached to an aromatic ring is 1. The van der Waals surface area contributed by atoms with Crippen LogP contribution in [0.25, 0.3) is 0 Å². The molecule has 2 N–H and O–H groups in total. The molecule has 5 heteroatoms. The molecule has 4 nitrogen and oxygen atoms in total. The highest BCUT2D eigenvalue weighted by molar-refractivity contribution is 9.10. The van der Waals surface area contributed by atoms with Crippen LogP contribution < -0.4 is 5.73 Å². The summed E-state index contributed by atoms with van der Waals surface area (Å²) in [6.07, 6.45) is 5.35. The Morgan fingerprint density at radius 1 is 1.47 bits per heavy atom. The summed E-state index contributed by atoms with van der Waals surface area (Å²) in [5, 5.41) is 4.34. The van der Waals surface area contributed by atoms with Gasteiger partial charge in [0.05, 0.1) is 16.4 Å². The molecule has 90 valence electrons. The Balaban J connectivity index is 2.29. The summed E-state index contributed by atoms with van der Waals surface area (Å²) in [4.78, 5) is 4.10. The molecule has 0 aliphatic carbocycles. The summed E-state index contributed by atoms with van der Waals surface area (Å²) in [5.41, 5.74) is 8.03. The largest absolute Gasteiger partial charge is 0.383 e. The molecule has 0 aliphatic rings. The Labute approximate surface area is 109 Å². The highest BCUT2D eigenvalue weighted by Gasteiger charge is 2.10. The van der Waals surface area contributed by atoms with E-state index in [0.717, 1.165) is 35.1 Å². The molecule has 0 aromatic carbocycles. The number of pyridine rings is 1. The highest BCUT2D eigenvalue weighted by Crippen LogP contribution is 2.21. The molecule has 0 radical (unpaired) electrons. The van der Waals surface area contributed by atoms with Crippen LogP contribution in [-0.4, -0.2) is 14.8 Å². The van der Waals surface area contributed by atoms with E-state index in [1.54, 1.807) is 6.20 Å². The van der Waals surface area contributed by atoms with E-state index in [2.05, 4.69) is 32.9 Å². The fraction of sp³-hybridized carbons (Fsp3) is 0.333. The Morgan fingerprint density at radius 3 is 3.00 bits per heavy atom. The topological polar surface area (TPSA) is 56.7 Å². The summed E-state index contributed by atoms with van der Waals surface area (Å²) in [6.45, 7) is 3.05. The summed E-state index contributed by atoms with van der Waals surface area (Å²) in [5.74, 6) is 0.587. The molecule has 17 heavy (non-hydrogen) atoms.